The Bertz CT molecular complexity index is 478. The zero-order chi connectivity index (χ0) is 15.4. The Morgan fingerprint density at radius 1 is 1.20 bits per heavy atom. The Kier molecular flexibility index (Phi) is 5.11. The van der Waals surface area contributed by atoms with Gasteiger partial charge in [-0.05, 0) is 18.5 Å². The quantitative estimate of drug-likeness (QED) is 0.498. The molecule has 20 heavy (non-hydrogen) atoms. The molecule has 1 aromatic carbocycles. The average Bonchev–Trinajstić information content (AvgIpc) is 2.35. The molecule has 0 fully saturated rings. The molecule has 0 heterocycles. The number of carbonyl (C=O) groups excluding carboxylic acids is 1. The molecule has 0 saturated heterocycles. The lowest BCUT2D eigenvalue weighted by Gasteiger charge is -2.32. The first kappa shape index (κ1) is 16.4. The Morgan fingerprint density at radius 3 is 2.15 bits per heavy atom. The highest BCUT2D eigenvalue weighted by Gasteiger charge is 2.51. The van der Waals surface area contributed by atoms with Gasteiger partial charge in [-0.15, -0.1) is 0 Å². The lowest BCUT2D eigenvalue weighted by Crippen LogP contribution is -2.49. The zero-order valence-corrected chi connectivity index (χ0v) is 13.5. The van der Waals surface area contributed by atoms with Crippen LogP contribution in [0.4, 0.5) is 0 Å². The Hall–Kier alpha value is -1.62. The highest BCUT2D eigenvalue weighted by atomic mass is 28.3. The molecule has 4 nitrogen and oxygen atoms in total. The minimum atomic E-state index is -1.81. The first-order valence-corrected chi connectivity index (χ1v) is 10.4. The average molecular weight is 294 g/mol. The van der Waals surface area contributed by atoms with Crippen molar-refractivity contribution >= 4 is 20.0 Å². The summed E-state index contributed by atoms with van der Waals surface area (Å²) >= 11 is 0. The zero-order valence-electron chi connectivity index (χ0n) is 12.5. The molecule has 0 amide bonds. The molecule has 0 bridgehead atoms. The molecule has 110 valence electrons. The maximum atomic E-state index is 12.4. The number of aliphatic carboxylic acids is 1. The molecule has 0 saturated carbocycles. The fraction of sp³-hybridized carbons (Fsp3) is 0.467. The van der Waals surface area contributed by atoms with Crippen LogP contribution in [0, 0.1) is 0 Å². The Balaban J connectivity index is 3.43. The van der Waals surface area contributed by atoms with Crippen LogP contribution in [0.2, 0.25) is 25.7 Å². The molecule has 1 atom stereocenters. The van der Waals surface area contributed by atoms with E-state index in [2.05, 4.69) is 0 Å². The number of carboxylic acid groups (broad SMARTS) is 1. The summed E-state index contributed by atoms with van der Waals surface area (Å²) in [5.74, 6) is -1.80. The van der Waals surface area contributed by atoms with Crippen molar-refractivity contribution in [2.75, 3.05) is 6.61 Å². The van der Waals surface area contributed by atoms with Crippen molar-refractivity contribution in [3.63, 3.8) is 0 Å². The molecular weight excluding hydrogens is 272 g/mol. The maximum absolute atomic E-state index is 12.4. The van der Waals surface area contributed by atoms with E-state index in [4.69, 9.17) is 4.74 Å². The van der Waals surface area contributed by atoms with Gasteiger partial charge >= 0.3 is 11.9 Å². The monoisotopic (exact) mass is 294 g/mol. The van der Waals surface area contributed by atoms with Crippen molar-refractivity contribution in [2.24, 2.45) is 0 Å². The molecule has 0 aliphatic heterocycles. The topological polar surface area (TPSA) is 63.6 Å². The van der Waals surface area contributed by atoms with Crippen molar-refractivity contribution in [1.29, 1.82) is 0 Å². The van der Waals surface area contributed by atoms with Gasteiger partial charge < -0.3 is 9.84 Å². The number of ether oxygens (including phenoxy) is 1. The normalized spacial score (nSPS) is 14.4. The fourth-order valence-corrected chi connectivity index (χ4v) is 4.44. The van der Waals surface area contributed by atoms with E-state index in [0.29, 0.717) is 11.6 Å². The molecule has 0 aliphatic carbocycles. The van der Waals surface area contributed by atoms with Crippen molar-refractivity contribution in [2.45, 2.75) is 38.0 Å². The number of benzene rings is 1. The van der Waals surface area contributed by atoms with E-state index in [9.17, 15) is 14.7 Å². The van der Waals surface area contributed by atoms with Crippen LogP contribution in [0.5, 0.6) is 0 Å². The van der Waals surface area contributed by atoms with Gasteiger partial charge in [-0.2, -0.15) is 0 Å². The van der Waals surface area contributed by atoms with Gasteiger partial charge in [0.15, 0.2) is 5.41 Å². The van der Waals surface area contributed by atoms with Gasteiger partial charge in [0.25, 0.3) is 0 Å². The third-order valence-electron chi connectivity index (χ3n) is 3.05. The molecule has 0 radical (unpaired) electrons. The molecule has 5 heteroatoms. The number of hydrogen-bond donors (Lipinski definition) is 1. The van der Waals surface area contributed by atoms with E-state index in [-0.39, 0.29) is 6.61 Å². The van der Waals surface area contributed by atoms with Gasteiger partial charge in [-0.3, -0.25) is 9.59 Å². The number of carbonyl (C=O) groups is 2. The van der Waals surface area contributed by atoms with Crippen LogP contribution in [-0.2, 0) is 19.7 Å². The molecule has 1 N–H and O–H groups in total. The summed E-state index contributed by atoms with van der Waals surface area (Å²) in [7, 11) is -1.81. The summed E-state index contributed by atoms with van der Waals surface area (Å²) in [5.41, 5.74) is -1.10. The number of hydrogen-bond acceptors (Lipinski definition) is 3. The molecule has 1 aromatic rings. The summed E-state index contributed by atoms with van der Waals surface area (Å²) in [6, 6.07) is 8.98. The van der Waals surface area contributed by atoms with Gasteiger partial charge in [0.1, 0.15) is 0 Å². The van der Waals surface area contributed by atoms with Gasteiger partial charge in [0, 0.05) is 8.07 Å². The van der Waals surface area contributed by atoms with Gasteiger partial charge in [-0.25, -0.2) is 0 Å². The van der Waals surface area contributed by atoms with Crippen LogP contribution in [-0.4, -0.2) is 31.7 Å². The van der Waals surface area contributed by atoms with E-state index < -0.39 is 25.4 Å². The molecular formula is C15H22O4Si. The summed E-state index contributed by atoms with van der Waals surface area (Å²) in [6.07, 6.45) is 0. The largest absolute Gasteiger partial charge is 0.480 e. The predicted octanol–water partition coefficient (Wildman–Crippen LogP) is 2.91. The van der Waals surface area contributed by atoms with Gasteiger partial charge in [0.05, 0.1) is 6.61 Å². The van der Waals surface area contributed by atoms with E-state index in [1.54, 1.807) is 37.3 Å². The third-order valence-corrected chi connectivity index (χ3v) is 4.64. The van der Waals surface area contributed by atoms with Gasteiger partial charge in [-0.1, -0.05) is 50.0 Å². The number of carboxylic acids is 1. The smallest absolute Gasteiger partial charge is 0.327 e. The Labute approximate surface area is 120 Å². The minimum Gasteiger partial charge on any atom is -0.480 e. The summed E-state index contributed by atoms with van der Waals surface area (Å²) in [6.45, 7) is 8.00. The summed E-state index contributed by atoms with van der Waals surface area (Å²) in [5, 5.41) is 9.76. The predicted molar refractivity (Wildman–Crippen MR) is 80.5 cm³/mol. The highest BCUT2D eigenvalue weighted by Crippen LogP contribution is 2.35. The van der Waals surface area contributed by atoms with Crippen molar-refractivity contribution in [3.8, 4) is 0 Å². The fourth-order valence-electron chi connectivity index (χ4n) is 2.35. The second-order valence-electron chi connectivity index (χ2n) is 6.03. The molecule has 0 aliphatic rings. The van der Waals surface area contributed by atoms with E-state index in [1.165, 1.54) is 0 Å². The lowest BCUT2D eigenvalue weighted by molar-refractivity contribution is -0.160. The van der Waals surface area contributed by atoms with Crippen LogP contribution in [0.25, 0.3) is 0 Å². The van der Waals surface area contributed by atoms with Crippen LogP contribution >= 0.6 is 0 Å². The van der Waals surface area contributed by atoms with E-state index >= 15 is 0 Å². The number of esters is 1. The van der Waals surface area contributed by atoms with Crippen LogP contribution in [0.15, 0.2) is 30.3 Å². The first-order valence-electron chi connectivity index (χ1n) is 6.70. The minimum absolute atomic E-state index is 0.173. The lowest BCUT2D eigenvalue weighted by atomic mass is 9.82. The van der Waals surface area contributed by atoms with Gasteiger partial charge in [0.2, 0.25) is 0 Å². The SMILES string of the molecule is CCOC(=O)C(C[Si](C)(C)C)(C(=O)O)c1ccccc1. The molecule has 0 spiro atoms. The second kappa shape index (κ2) is 6.22. The summed E-state index contributed by atoms with van der Waals surface area (Å²) < 4.78 is 5.07. The highest BCUT2D eigenvalue weighted by molar-refractivity contribution is 6.77. The molecule has 0 aromatic heterocycles. The Morgan fingerprint density at radius 2 is 1.75 bits per heavy atom. The van der Waals surface area contributed by atoms with E-state index in [1.807, 2.05) is 19.6 Å². The van der Waals surface area contributed by atoms with Crippen LogP contribution in [0.1, 0.15) is 12.5 Å². The molecule has 1 rings (SSSR count). The van der Waals surface area contributed by atoms with Crippen LogP contribution in [0.3, 0.4) is 0 Å². The van der Waals surface area contributed by atoms with Crippen LogP contribution < -0.4 is 0 Å². The number of rotatable bonds is 6. The van der Waals surface area contributed by atoms with Crippen molar-refractivity contribution in [3.05, 3.63) is 35.9 Å². The first-order chi connectivity index (χ1) is 9.24. The van der Waals surface area contributed by atoms with Crippen molar-refractivity contribution in [1.82, 2.24) is 0 Å². The second-order valence-corrected chi connectivity index (χ2v) is 11.5. The molecule has 1 unspecified atom stereocenters. The van der Waals surface area contributed by atoms with E-state index in [0.717, 1.165) is 0 Å². The third kappa shape index (κ3) is 3.48. The van der Waals surface area contributed by atoms with Crippen molar-refractivity contribution < 1.29 is 19.4 Å². The summed E-state index contributed by atoms with van der Waals surface area (Å²) in [4.78, 5) is 24.3. The maximum Gasteiger partial charge on any atom is 0.327 e. The standard InChI is InChI=1S/C15H22O4Si/c1-5-19-14(18)15(13(16)17,11-20(2,3)4)12-9-7-6-8-10-12/h6-10H,5,11H2,1-4H3,(H,16,17).